The van der Waals surface area contributed by atoms with E-state index in [0.717, 1.165) is 0 Å². The number of hydrogen-bond acceptors (Lipinski definition) is 0. The van der Waals surface area contributed by atoms with Gasteiger partial charge in [0, 0.05) is 0 Å². The molecule has 2 rings (SSSR count). The monoisotopic (exact) mass is 316 g/mol. The van der Waals surface area contributed by atoms with Gasteiger partial charge in [-0.1, -0.05) is 66.2 Å². The fourth-order valence-electron chi connectivity index (χ4n) is 2.81. The van der Waals surface area contributed by atoms with Crippen LogP contribution in [0.15, 0.2) is 33.4 Å². The maximum Gasteiger partial charge on any atom is 3.00 e. The van der Waals surface area contributed by atoms with Crippen LogP contribution in [0.1, 0.15) is 70.7 Å². The Bertz CT molecular complexity index is 490. The summed E-state index contributed by atoms with van der Waals surface area (Å²) < 4.78 is 0. The van der Waals surface area contributed by atoms with Crippen LogP contribution in [0.25, 0.3) is 0 Å². The molecule has 0 unspecified atom stereocenters. The molecule has 0 heterocycles. The number of allylic oxidation sites excluding steroid dienone is 8. The van der Waals surface area contributed by atoms with Crippen LogP contribution in [0.2, 0.25) is 0 Å². The molecule has 0 saturated carbocycles. The van der Waals surface area contributed by atoms with Gasteiger partial charge in [0.15, 0.2) is 0 Å². The summed E-state index contributed by atoms with van der Waals surface area (Å²) in [6.07, 6.45) is 6.87. The summed E-state index contributed by atoms with van der Waals surface area (Å²) in [5, 5.41) is 0. The van der Waals surface area contributed by atoms with Crippen LogP contribution in [0.3, 0.4) is 0 Å². The minimum absolute atomic E-state index is 0. The zero-order chi connectivity index (χ0) is 15.9. The molecule has 0 aromatic heterocycles. The molecule has 0 bridgehead atoms. The summed E-state index contributed by atoms with van der Waals surface area (Å²) >= 11 is 0. The van der Waals surface area contributed by atoms with Crippen molar-refractivity contribution in [3.63, 3.8) is 0 Å². The molecule has 0 fully saturated rings. The van der Waals surface area contributed by atoms with Gasteiger partial charge in [-0.2, -0.15) is 22.3 Å². The second-order valence-corrected chi connectivity index (χ2v) is 7.25. The summed E-state index contributed by atoms with van der Waals surface area (Å²) in [7, 11) is 0. The van der Waals surface area contributed by atoms with Crippen molar-refractivity contribution in [2.24, 2.45) is 10.8 Å². The molecule has 2 aliphatic rings. The van der Waals surface area contributed by atoms with E-state index in [1.165, 1.54) is 33.4 Å². The first kappa shape index (κ1) is 20.8. The van der Waals surface area contributed by atoms with E-state index in [1.807, 2.05) is 0 Å². The third-order valence-electron chi connectivity index (χ3n) is 5.12. The standard InChI is InChI=1S/2C10H15.Sc.H/c2*1-7-6-10(4,5)9(3)8(7)2;;/h2*1-5H3;;/q2*-1;+3;-1. The predicted octanol–water partition coefficient (Wildman–Crippen LogP) is 6.33. The molecule has 1 heteroatoms. The van der Waals surface area contributed by atoms with Crippen molar-refractivity contribution in [3.05, 3.63) is 45.6 Å². The third-order valence-corrected chi connectivity index (χ3v) is 5.12. The zero-order valence-corrected chi connectivity index (χ0v) is 17.4. The fourth-order valence-corrected chi connectivity index (χ4v) is 2.81. The Balaban J connectivity index is 0. The van der Waals surface area contributed by atoms with E-state index in [2.05, 4.69) is 81.4 Å². The van der Waals surface area contributed by atoms with Gasteiger partial charge in [0.2, 0.25) is 0 Å². The van der Waals surface area contributed by atoms with Crippen LogP contribution < -0.4 is 0 Å². The molecule has 0 N–H and O–H groups in total. The van der Waals surface area contributed by atoms with Gasteiger partial charge in [-0.25, -0.2) is 11.1 Å². The molecule has 0 nitrogen and oxygen atoms in total. The van der Waals surface area contributed by atoms with Crippen molar-refractivity contribution in [2.45, 2.75) is 69.2 Å². The first-order chi connectivity index (χ1) is 8.90. The Morgan fingerprint density at radius 1 is 0.619 bits per heavy atom. The van der Waals surface area contributed by atoms with Gasteiger partial charge in [0.25, 0.3) is 0 Å². The Kier molecular flexibility index (Phi) is 6.88. The van der Waals surface area contributed by atoms with Gasteiger partial charge in [0.1, 0.15) is 0 Å². The van der Waals surface area contributed by atoms with Crippen LogP contribution in [-0.4, -0.2) is 0 Å². The average molecular weight is 316 g/mol. The zero-order valence-electron chi connectivity index (χ0n) is 16.6. The third kappa shape index (κ3) is 4.41. The Morgan fingerprint density at radius 3 is 0.905 bits per heavy atom. The SMILES string of the molecule is CC1=[C-]C(C)(C)C(C)=C1C.CC1=[C-]C(C)(C)C(C)=C1C.[H-].[Sc+3]. The average Bonchev–Trinajstić information content (AvgIpc) is 2.60. The van der Waals surface area contributed by atoms with Crippen molar-refractivity contribution in [1.82, 2.24) is 0 Å². The Morgan fingerprint density at radius 2 is 0.857 bits per heavy atom. The topological polar surface area (TPSA) is 0 Å². The molecule has 0 radical (unpaired) electrons. The van der Waals surface area contributed by atoms with E-state index < -0.39 is 0 Å². The van der Waals surface area contributed by atoms with E-state index in [0.29, 0.717) is 0 Å². The van der Waals surface area contributed by atoms with Crippen molar-refractivity contribution in [2.75, 3.05) is 0 Å². The largest absolute Gasteiger partial charge is 3.00 e. The van der Waals surface area contributed by atoms with Crippen molar-refractivity contribution in [1.29, 1.82) is 0 Å². The van der Waals surface area contributed by atoms with Gasteiger partial charge < -0.3 is 1.43 Å². The van der Waals surface area contributed by atoms with Gasteiger partial charge in [-0.05, 0) is 0 Å². The molecular formula is C20H31Sc. The second-order valence-electron chi connectivity index (χ2n) is 7.25. The molecular weight excluding hydrogens is 285 g/mol. The van der Waals surface area contributed by atoms with Crippen LogP contribution in [0, 0.1) is 23.0 Å². The summed E-state index contributed by atoms with van der Waals surface area (Å²) in [5.41, 5.74) is 8.79. The van der Waals surface area contributed by atoms with Gasteiger partial charge in [0.05, 0.1) is 0 Å². The normalized spacial score (nSPS) is 22.4. The second kappa shape index (κ2) is 6.94. The van der Waals surface area contributed by atoms with E-state index in [9.17, 15) is 0 Å². The van der Waals surface area contributed by atoms with Gasteiger partial charge in [-0.3, -0.25) is 12.2 Å². The molecule has 0 aliphatic heterocycles. The quantitative estimate of drug-likeness (QED) is 0.458. The summed E-state index contributed by atoms with van der Waals surface area (Å²) in [5.74, 6) is 0. The number of hydrogen-bond donors (Lipinski definition) is 0. The summed E-state index contributed by atoms with van der Waals surface area (Å²) in [6.45, 7) is 21.8. The predicted molar refractivity (Wildman–Crippen MR) is 90.3 cm³/mol. The first-order valence-corrected chi connectivity index (χ1v) is 7.50. The summed E-state index contributed by atoms with van der Waals surface area (Å²) in [4.78, 5) is 0. The summed E-state index contributed by atoms with van der Waals surface area (Å²) in [6, 6.07) is 0. The minimum Gasteiger partial charge on any atom is -1.00 e. The van der Waals surface area contributed by atoms with Crippen molar-refractivity contribution in [3.8, 4) is 0 Å². The van der Waals surface area contributed by atoms with Crippen LogP contribution in [-0.2, 0) is 25.8 Å². The van der Waals surface area contributed by atoms with E-state index in [1.54, 1.807) is 0 Å². The molecule has 0 atom stereocenters. The van der Waals surface area contributed by atoms with Crippen LogP contribution >= 0.6 is 0 Å². The van der Waals surface area contributed by atoms with E-state index >= 15 is 0 Å². The number of rotatable bonds is 0. The molecule has 0 spiro atoms. The van der Waals surface area contributed by atoms with Crippen molar-refractivity contribution >= 4 is 0 Å². The fraction of sp³-hybridized carbons (Fsp3) is 0.600. The first-order valence-electron chi connectivity index (χ1n) is 7.50. The molecule has 0 aromatic rings. The van der Waals surface area contributed by atoms with Crippen LogP contribution in [0.5, 0.6) is 0 Å². The molecule has 2 aliphatic carbocycles. The van der Waals surface area contributed by atoms with Gasteiger partial charge in [-0.15, -0.1) is 13.8 Å². The minimum atomic E-state index is 0. The molecule has 0 aromatic carbocycles. The molecule has 114 valence electrons. The molecule has 0 saturated heterocycles. The molecule has 21 heavy (non-hydrogen) atoms. The molecule has 0 amide bonds. The Labute approximate surface area is 152 Å². The van der Waals surface area contributed by atoms with Crippen LogP contribution in [0.4, 0.5) is 0 Å². The van der Waals surface area contributed by atoms with E-state index in [-0.39, 0.29) is 38.1 Å². The maximum atomic E-state index is 3.44. The maximum absolute atomic E-state index is 3.44. The smallest absolute Gasteiger partial charge is 1.00 e. The Hall–Kier alpha value is -0.170. The van der Waals surface area contributed by atoms with Crippen molar-refractivity contribution < 1.29 is 27.3 Å². The van der Waals surface area contributed by atoms with E-state index in [4.69, 9.17) is 0 Å². The van der Waals surface area contributed by atoms with Gasteiger partial charge >= 0.3 is 25.8 Å².